The van der Waals surface area contributed by atoms with E-state index in [9.17, 15) is 19.7 Å². The Labute approximate surface area is 233 Å². The third kappa shape index (κ3) is 3.71. The Morgan fingerprint density at radius 2 is 1.60 bits per heavy atom. The van der Waals surface area contributed by atoms with Gasteiger partial charge in [-0.2, -0.15) is 10.1 Å². The lowest BCUT2D eigenvalue weighted by Crippen LogP contribution is -2.37. The minimum absolute atomic E-state index is 0.145. The van der Waals surface area contributed by atoms with Crippen LogP contribution in [0.3, 0.4) is 0 Å². The highest BCUT2D eigenvalue weighted by Crippen LogP contribution is 2.47. The molecule has 0 N–H and O–H groups in total. The first-order chi connectivity index (χ1) is 19.1. The van der Waals surface area contributed by atoms with E-state index in [4.69, 9.17) is 0 Å². The molecule has 0 aliphatic carbocycles. The molecule has 3 aromatic carbocycles. The quantitative estimate of drug-likeness (QED) is 0.284. The number of aromatic nitrogens is 1. The van der Waals surface area contributed by atoms with Gasteiger partial charge in [0, 0.05) is 30.3 Å². The Morgan fingerprint density at radius 1 is 0.925 bits per heavy atom. The lowest BCUT2D eigenvalue weighted by molar-refractivity contribution is -0.384. The summed E-state index contributed by atoms with van der Waals surface area (Å²) in [7, 11) is 1.96. The molecule has 200 valence electrons. The normalized spacial score (nSPS) is 18.7. The summed E-state index contributed by atoms with van der Waals surface area (Å²) in [4.78, 5) is 41.0. The number of hydrogen-bond donors (Lipinski definition) is 0. The number of amides is 1. The van der Waals surface area contributed by atoms with Gasteiger partial charge in [-0.1, -0.05) is 56.3 Å². The average Bonchev–Trinajstić information content (AvgIpc) is 3.50. The van der Waals surface area contributed by atoms with E-state index in [2.05, 4.69) is 29.9 Å². The molecule has 0 unspecified atom stereocenters. The fraction of sp³-hybridized carbons (Fsp3) is 0.167. The van der Waals surface area contributed by atoms with Crippen molar-refractivity contribution in [3.8, 4) is 5.69 Å². The Hall–Kier alpha value is -4.83. The molecule has 0 bridgehead atoms. The minimum Gasteiger partial charge on any atom is -0.346 e. The summed E-state index contributed by atoms with van der Waals surface area (Å²) in [6.45, 7) is 5.90. The summed E-state index contributed by atoms with van der Waals surface area (Å²) in [6.07, 6.45) is 0. The molecule has 2 aliphatic rings. The van der Waals surface area contributed by atoms with Crippen LogP contribution in [0.4, 0.5) is 17.1 Å². The van der Waals surface area contributed by atoms with E-state index in [1.165, 1.54) is 29.5 Å². The van der Waals surface area contributed by atoms with Gasteiger partial charge < -0.3 is 4.90 Å². The summed E-state index contributed by atoms with van der Waals surface area (Å²) in [5.41, 5.74) is 3.78. The maximum atomic E-state index is 14.3. The number of likely N-dealkylation sites (N-methyl/N-ethyl adjacent to an activating group) is 1. The maximum absolute atomic E-state index is 14.3. The molecular formula is C30H25N5O4S. The molecule has 0 spiro atoms. The number of carbonyl (C=O) groups excluding carboxylic acids is 1. The molecule has 6 rings (SSSR count). The fourth-order valence-electron chi connectivity index (χ4n) is 5.57. The van der Waals surface area contributed by atoms with Crippen LogP contribution >= 0.6 is 11.3 Å². The third-order valence-electron chi connectivity index (χ3n) is 7.41. The zero-order valence-electron chi connectivity index (χ0n) is 22.3. The topological polar surface area (TPSA) is 101 Å². The maximum Gasteiger partial charge on any atom is 0.283 e. The molecular weight excluding hydrogens is 526 g/mol. The van der Waals surface area contributed by atoms with Crippen LogP contribution < -0.4 is 24.7 Å². The van der Waals surface area contributed by atoms with Crippen molar-refractivity contribution in [1.82, 2.24) is 4.57 Å². The Bertz CT molecular complexity index is 1940. The monoisotopic (exact) mass is 551 g/mol. The van der Waals surface area contributed by atoms with E-state index >= 15 is 0 Å². The second-order valence-corrected chi connectivity index (χ2v) is 11.2. The van der Waals surface area contributed by atoms with E-state index in [-0.39, 0.29) is 22.5 Å². The Kier molecular flexibility index (Phi) is 5.81. The average molecular weight is 552 g/mol. The lowest BCUT2D eigenvalue weighted by Gasteiger charge is -2.23. The number of nitro benzene ring substituents is 1. The highest BCUT2D eigenvalue weighted by Gasteiger charge is 2.40. The highest BCUT2D eigenvalue weighted by molar-refractivity contribution is 7.08. The van der Waals surface area contributed by atoms with Crippen molar-refractivity contribution in [2.45, 2.75) is 26.2 Å². The van der Waals surface area contributed by atoms with Crippen LogP contribution in [0.2, 0.25) is 0 Å². The van der Waals surface area contributed by atoms with Crippen molar-refractivity contribution in [2.24, 2.45) is 5.10 Å². The Morgan fingerprint density at radius 3 is 2.30 bits per heavy atom. The van der Waals surface area contributed by atoms with Crippen molar-refractivity contribution < 1.29 is 9.72 Å². The number of benzene rings is 3. The van der Waals surface area contributed by atoms with Crippen molar-refractivity contribution in [1.29, 1.82) is 0 Å². The van der Waals surface area contributed by atoms with Gasteiger partial charge in [0.25, 0.3) is 17.2 Å². The summed E-state index contributed by atoms with van der Waals surface area (Å²) in [6, 6.07) is 23.1. The summed E-state index contributed by atoms with van der Waals surface area (Å²) < 4.78 is 2.56. The SMILES string of the molecule is CC1=NN(c2cccc([N+](=O)[O-])c2)C(=O)/C1=c1/s/c(=C2/N(C)c3ccccc3C2(C)C)c(=O)n1-c1ccccc1. The lowest BCUT2D eigenvalue weighted by atomic mass is 9.84. The van der Waals surface area contributed by atoms with E-state index in [1.54, 1.807) is 17.6 Å². The van der Waals surface area contributed by atoms with E-state index in [1.807, 2.05) is 55.6 Å². The van der Waals surface area contributed by atoms with Gasteiger partial charge in [-0.3, -0.25) is 24.3 Å². The van der Waals surface area contributed by atoms with Gasteiger partial charge in [0.1, 0.15) is 9.20 Å². The number of rotatable bonds is 3. The largest absolute Gasteiger partial charge is 0.346 e. The molecule has 9 nitrogen and oxygen atoms in total. The van der Waals surface area contributed by atoms with E-state index in [0.29, 0.717) is 20.6 Å². The van der Waals surface area contributed by atoms with E-state index < -0.39 is 16.2 Å². The van der Waals surface area contributed by atoms with Crippen LogP contribution in [0.15, 0.2) is 88.8 Å². The number of nitro groups is 1. The number of nitrogens with zero attached hydrogens (tertiary/aromatic N) is 5. The summed E-state index contributed by atoms with van der Waals surface area (Å²) in [5.74, 6) is -0.456. The number of fused-ring (bicyclic) bond motifs is 1. The van der Waals surface area contributed by atoms with Crippen LogP contribution in [-0.4, -0.2) is 28.2 Å². The molecule has 0 fully saturated rings. The van der Waals surface area contributed by atoms with Crippen LogP contribution in [0.5, 0.6) is 0 Å². The van der Waals surface area contributed by atoms with E-state index in [0.717, 1.165) is 22.0 Å². The van der Waals surface area contributed by atoms with Gasteiger partial charge >= 0.3 is 0 Å². The first kappa shape index (κ1) is 25.4. The summed E-state index contributed by atoms with van der Waals surface area (Å²) >= 11 is 1.26. The molecule has 10 heteroatoms. The number of anilines is 2. The second-order valence-electron chi connectivity index (χ2n) is 10.2. The molecule has 40 heavy (non-hydrogen) atoms. The van der Waals surface area contributed by atoms with Gasteiger partial charge in [0.2, 0.25) is 0 Å². The number of para-hydroxylation sites is 2. The van der Waals surface area contributed by atoms with Crippen LogP contribution in [0.1, 0.15) is 26.3 Å². The van der Waals surface area contributed by atoms with Crippen LogP contribution in [0, 0.1) is 10.1 Å². The first-order valence-electron chi connectivity index (χ1n) is 12.7. The highest BCUT2D eigenvalue weighted by atomic mass is 32.1. The number of hydrazone groups is 1. The minimum atomic E-state index is -0.515. The van der Waals surface area contributed by atoms with Gasteiger partial charge in [-0.15, -0.1) is 11.3 Å². The van der Waals surface area contributed by atoms with Crippen molar-refractivity contribution >= 4 is 51.3 Å². The molecule has 2 aliphatic heterocycles. The molecule has 4 aromatic rings. The van der Waals surface area contributed by atoms with Gasteiger partial charge in [0.15, 0.2) is 0 Å². The zero-order chi connectivity index (χ0) is 28.3. The van der Waals surface area contributed by atoms with Crippen LogP contribution in [0.25, 0.3) is 17.0 Å². The third-order valence-corrected chi connectivity index (χ3v) is 8.56. The van der Waals surface area contributed by atoms with Gasteiger partial charge in [-0.25, -0.2) is 0 Å². The van der Waals surface area contributed by atoms with Crippen molar-refractivity contribution in [2.75, 3.05) is 17.0 Å². The molecule has 1 amide bonds. The summed E-state index contributed by atoms with van der Waals surface area (Å²) in [5, 5.41) is 17.0. The molecule has 1 aromatic heterocycles. The zero-order valence-corrected chi connectivity index (χ0v) is 23.1. The molecule has 0 saturated carbocycles. The molecule has 3 heterocycles. The number of thiazole rings is 1. The van der Waals surface area contributed by atoms with Crippen molar-refractivity contribution in [3.05, 3.63) is 114 Å². The van der Waals surface area contributed by atoms with Gasteiger partial charge in [-0.05, 0) is 36.8 Å². The number of carbonyl (C=O) groups is 1. The molecule has 0 saturated heterocycles. The predicted molar refractivity (Wildman–Crippen MR) is 158 cm³/mol. The number of non-ortho nitro benzene ring substituents is 1. The fourth-order valence-corrected chi connectivity index (χ4v) is 7.04. The smallest absolute Gasteiger partial charge is 0.283 e. The second kappa shape index (κ2) is 9.13. The van der Waals surface area contributed by atoms with Crippen molar-refractivity contribution in [3.63, 3.8) is 0 Å². The first-order valence-corrected chi connectivity index (χ1v) is 13.5. The Balaban J connectivity index is 1.66. The van der Waals surface area contributed by atoms with Crippen LogP contribution in [-0.2, 0) is 10.2 Å². The van der Waals surface area contributed by atoms with Gasteiger partial charge in [0.05, 0.1) is 33.3 Å². The molecule has 0 radical (unpaired) electrons. The molecule has 0 atom stereocenters. The predicted octanol–water partition coefficient (Wildman–Crippen LogP) is 3.92. The standard InChI is InChI=1S/C30H25N5O4S/c1-18-24(27(36)34(31-18)20-13-10-14-21(17-20)35(38)39)29-33(19-11-6-5-7-12-19)28(37)25(40-29)26-30(2,3)22-15-8-9-16-23(22)32(26)4/h5-17H,1-4H3/b26-25+,29-24+. The number of hydrogen-bond acceptors (Lipinski definition) is 7.